The van der Waals surface area contributed by atoms with Gasteiger partial charge in [-0.25, -0.2) is 4.39 Å². The van der Waals surface area contributed by atoms with Crippen LogP contribution in [0.3, 0.4) is 0 Å². The predicted octanol–water partition coefficient (Wildman–Crippen LogP) is 0.258. The highest BCUT2D eigenvalue weighted by Gasteiger charge is 2.24. The summed E-state index contributed by atoms with van der Waals surface area (Å²) in [5.41, 5.74) is 0.920. The van der Waals surface area contributed by atoms with Gasteiger partial charge in [0.15, 0.2) is 0 Å². The third-order valence-electron chi connectivity index (χ3n) is 3.60. The second-order valence-corrected chi connectivity index (χ2v) is 5.23. The van der Waals surface area contributed by atoms with Crippen LogP contribution in [0.1, 0.15) is 5.56 Å². The molecule has 114 valence electrons. The lowest BCUT2D eigenvalue weighted by atomic mass is 10.1. The lowest BCUT2D eigenvalue weighted by Gasteiger charge is -2.31. The van der Waals surface area contributed by atoms with E-state index in [2.05, 4.69) is 10.2 Å². The lowest BCUT2D eigenvalue weighted by Crippen LogP contribution is -2.51. The number of nitrogens with zero attached hydrogens (tertiary/aromatic N) is 2. The van der Waals surface area contributed by atoms with Crippen LogP contribution in [-0.4, -0.2) is 61.4 Å². The van der Waals surface area contributed by atoms with Crippen LogP contribution in [0.5, 0.6) is 0 Å². The molecule has 0 unspecified atom stereocenters. The van der Waals surface area contributed by atoms with Crippen molar-refractivity contribution >= 4 is 11.8 Å². The van der Waals surface area contributed by atoms with E-state index >= 15 is 0 Å². The van der Waals surface area contributed by atoms with E-state index in [9.17, 15) is 14.0 Å². The van der Waals surface area contributed by atoms with Gasteiger partial charge in [0.1, 0.15) is 5.82 Å². The first-order valence-corrected chi connectivity index (χ1v) is 7.06. The van der Waals surface area contributed by atoms with Crippen molar-refractivity contribution in [3.8, 4) is 0 Å². The van der Waals surface area contributed by atoms with Gasteiger partial charge >= 0.3 is 11.8 Å². The molecular weight excluding hydrogens is 273 g/mol. The molecule has 0 bridgehead atoms. The Balaban J connectivity index is 1.74. The molecule has 0 radical (unpaired) electrons. The van der Waals surface area contributed by atoms with Crippen LogP contribution in [-0.2, 0) is 16.0 Å². The molecule has 6 heteroatoms. The maximum absolute atomic E-state index is 12.8. The zero-order chi connectivity index (χ0) is 15.2. The SMILES string of the molecule is CN1CCN(C(=O)C(=O)NCCc2ccc(F)cc2)CC1. The molecule has 1 saturated heterocycles. The predicted molar refractivity (Wildman–Crippen MR) is 77.2 cm³/mol. The highest BCUT2D eigenvalue weighted by atomic mass is 19.1. The molecule has 21 heavy (non-hydrogen) atoms. The van der Waals surface area contributed by atoms with Crippen LogP contribution < -0.4 is 5.32 Å². The summed E-state index contributed by atoms with van der Waals surface area (Å²) in [4.78, 5) is 27.4. The number of amides is 2. The molecule has 0 spiro atoms. The summed E-state index contributed by atoms with van der Waals surface area (Å²) in [6.07, 6.45) is 0.571. The molecule has 2 amide bonds. The van der Waals surface area contributed by atoms with Crippen molar-refractivity contribution in [2.75, 3.05) is 39.8 Å². The van der Waals surface area contributed by atoms with Gasteiger partial charge < -0.3 is 15.1 Å². The quantitative estimate of drug-likeness (QED) is 0.813. The number of nitrogens with one attached hydrogen (secondary N) is 1. The van der Waals surface area contributed by atoms with E-state index in [1.807, 2.05) is 7.05 Å². The summed E-state index contributed by atoms with van der Waals surface area (Å²) in [5, 5.41) is 2.62. The number of hydrogen-bond donors (Lipinski definition) is 1. The number of rotatable bonds is 3. The Labute approximate surface area is 123 Å². The van der Waals surface area contributed by atoms with Gasteiger partial charge in [-0.3, -0.25) is 9.59 Å². The van der Waals surface area contributed by atoms with E-state index in [-0.39, 0.29) is 5.82 Å². The van der Waals surface area contributed by atoms with E-state index in [1.54, 1.807) is 17.0 Å². The largest absolute Gasteiger partial charge is 0.347 e. The van der Waals surface area contributed by atoms with Gasteiger partial charge in [0.25, 0.3) is 0 Å². The highest BCUT2D eigenvalue weighted by molar-refractivity contribution is 6.35. The molecule has 1 aliphatic rings. The third kappa shape index (κ3) is 4.53. The van der Waals surface area contributed by atoms with E-state index in [4.69, 9.17) is 0 Å². The Kier molecular flexibility index (Phi) is 5.27. The second-order valence-electron chi connectivity index (χ2n) is 5.23. The van der Waals surface area contributed by atoms with Crippen LogP contribution >= 0.6 is 0 Å². The van der Waals surface area contributed by atoms with Crippen molar-refractivity contribution in [1.82, 2.24) is 15.1 Å². The molecule has 5 nitrogen and oxygen atoms in total. The number of carbonyl (C=O) groups excluding carboxylic acids is 2. The Morgan fingerprint density at radius 2 is 1.76 bits per heavy atom. The van der Waals surface area contributed by atoms with Crippen molar-refractivity contribution in [3.63, 3.8) is 0 Å². The normalized spacial score (nSPS) is 15.8. The van der Waals surface area contributed by atoms with E-state index in [0.717, 1.165) is 18.7 Å². The number of benzene rings is 1. The zero-order valence-corrected chi connectivity index (χ0v) is 12.1. The summed E-state index contributed by atoms with van der Waals surface area (Å²) in [6, 6.07) is 6.10. The number of likely N-dealkylation sites (N-methyl/N-ethyl adjacent to an activating group) is 1. The van der Waals surface area contributed by atoms with E-state index in [0.29, 0.717) is 26.1 Å². The number of hydrogen-bond acceptors (Lipinski definition) is 3. The zero-order valence-electron chi connectivity index (χ0n) is 12.1. The fourth-order valence-electron chi connectivity index (χ4n) is 2.20. The number of halogens is 1. The third-order valence-corrected chi connectivity index (χ3v) is 3.60. The molecular formula is C15H20FN3O2. The van der Waals surface area contributed by atoms with Crippen molar-refractivity contribution in [2.45, 2.75) is 6.42 Å². The molecule has 0 saturated carbocycles. The van der Waals surface area contributed by atoms with Crippen LogP contribution in [0.4, 0.5) is 4.39 Å². The van der Waals surface area contributed by atoms with Crippen LogP contribution in [0.15, 0.2) is 24.3 Å². The summed E-state index contributed by atoms with van der Waals surface area (Å²) < 4.78 is 12.8. The molecule has 1 aliphatic heterocycles. The molecule has 1 heterocycles. The van der Waals surface area contributed by atoms with Gasteiger partial charge in [0.05, 0.1) is 0 Å². The average molecular weight is 293 g/mol. The van der Waals surface area contributed by atoms with Gasteiger partial charge in [-0.2, -0.15) is 0 Å². The van der Waals surface area contributed by atoms with Gasteiger partial charge in [-0.05, 0) is 31.2 Å². The minimum Gasteiger partial charge on any atom is -0.347 e. The molecule has 0 aromatic heterocycles. The maximum Gasteiger partial charge on any atom is 0.311 e. The van der Waals surface area contributed by atoms with E-state index in [1.165, 1.54) is 12.1 Å². The Morgan fingerprint density at radius 1 is 1.14 bits per heavy atom. The fourth-order valence-corrected chi connectivity index (χ4v) is 2.20. The maximum atomic E-state index is 12.8. The van der Waals surface area contributed by atoms with Crippen molar-refractivity contribution in [2.24, 2.45) is 0 Å². The molecule has 1 fully saturated rings. The lowest BCUT2D eigenvalue weighted by molar-refractivity contribution is -0.146. The summed E-state index contributed by atoms with van der Waals surface area (Å²) in [5.74, 6) is -1.32. The summed E-state index contributed by atoms with van der Waals surface area (Å²) in [7, 11) is 1.99. The van der Waals surface area contributed by atoms with Crippen LogP contribution in [0.25, 0.3) is 0 Å². The van der Waals surface area contributed by atoms with Crippen molar-refractivity contribution < 1.29 is 14.0 Å². The number of piperazine rings is 1. The van der Waals surface area contributed by atoms with Crippen LogP contribution in [0, 0.1) is 5.82 Å². The molecule has 1 N–H and O–H groups in total. The van der Waals surface area contributed by atoms with Crippen LogP contribution in [0.2, 0.25) is 0 Å². The summed E-state index contributed by atoms with van der Waals surface area (Å²) >= 11 is 0. The molecule has 1 aromatic rings. The molecule has 0 aliphatic carbocycles. The minimum atomic E-state index is -0.568. The standard InChI is InChI=1S/C15H20FN3O2/c1-18-8-10-19(11-9-18)15(21)14(20)17-7-6-12-2-4-13(16)5-3-12/h2-5H,6-11H2,1H3,(H,17,20). The first kappa shape index (κ1) is 15.4. The first-order chi connectivity index (χ1) is 10.1. The molecule has 1 aromatic carbocycles. The summed E-state index contributed by atoms with van der Waals surface area (Å²) in [6.45, 7) is 3.11. The van der Waals surface area contributed by atoms with Crippen molar-refractivity contribution in [1.29, 1.82) is 0 Å². The second kappa shape index (κ2) is 7.17. The first-order valence-electron chi connectivity index (χ1n) is 7.06. The smallest absolute Gasteiger partial charge is 0.311 e. The number of carbonyl (C=O) groups is 2. The minimum absolute atomic E-state index is 0.284. The Morgan fingerprint density at radius 3 is 2.38 bits per heavy atom. The van der Waals surface area contributed by atoms with Gasteiger partial charge in [0.2, 0.25) is 0 Å². The van der Waals surface area contributed by atoms with E-state index < -0.39 is 11.8 Å². The van der Waals surface area contributed by atoms with Gasteiger partial charge in [-0.15, -0.1) is 0 Å². The molecule has 2 rings (SSSR count). The fraction of sp³-hybridized carbons (Fsp3) is 0.467. The van der Waals surface area contributed by atoms with Gasteiger partial charge in [-0.1, -0.05) is 12.1 Å². The van der Waals surface area contributed by atoms with Gasteiger partial charge in [0, 0.05) is 32.7 Å². The Hall–Kier alpha value is -1.95. The van der Waals surface area contributed by atoms with Crippen molar-refractivity contribution in [3.05, 3.63) is 35.6 Å². The topological polar surface area (TPSA) is 52.7 Å². The highest BCUT2D eigenvalue weighted by Crippen LogP contribution is 2.03. The Bertz CT molecular complexity index is 496. The monoisotopic (exact) mass is 293 g/mol. The molecule has 0 atom stereocenters. The average Bonchev–Trinajstić information content (AvgIpc) is 2.49.